The maximum Gasteiger partial charge on any atom is 0.233 e. The second-order valence-corrected chi connectivity index (χ2v) is 9.86. The molecule has 1 amide bonds. The summed E-state index contributed by atoms with van der Waals surface area (Å²) >= 11 is 4.78. The van der Waals surface area contributed by atoms with Crippen LogP contribution in [0.4, 0.5) is 0 Å². The highest BCUT2D eigenvalue weighted by molar-refractivity contribution is 8.00. The Bertz CT molecular complexity index is 1120. The molecule has 0 atom stereocenters. The molecule has 6 nitrogen and oxygen atoms in total. The number of hydrogen-bond acceptors (Lipinski definition) is 7. The van der Waals surface area contributed by atoms with Crippen LogP contribution in [0.3, 0.4) is 0 Å². The molecule has 0 aliphatic carbocycles. The molecule has 0 spiro atoms. The SMILES string of the molecule is CCN(CC)C(=O)CSc1nnc(CSc2nc3ccccc3s2)n1-c1ccccc1. The summed E-state index contributed by atoms with van der Waals surface area (Å²) in [5.41, 5.74) is 2.01. The van der Waals surface area contributed by atoms with Crippen LogP contribution < -0.4 is 0 Å². The third-order valence-electron chi connectivity index (χ3n) is 4.75. The van der Waals surface area contributed by atoms with Gasteiger partial charge in [-0.15, -0.1) is 21.5 Å². The van der Waals surface area contributed by atoms with Gasteiger partial charge in [0.25, 0.3) is 0 Å². The number of fused-ring (bicyclic) bond motifs is 1. The van der Waals surface area contributed by atoms with Crippen LogP contribution >= 0.6 is 34.9 Å². The Balaban J connectivity index is 1.55. The van der Waals surface area contributed by atoms with Gasteiger partial charge in [-0.05, 0) is 38.1 Å². The smallest absolute Gasteiger partial charge is 0.233 e. The lowest BCUT2D eigenvalue weighted by Gasteiger charge is -2.18. The average molecular weight is 470 g/mol. The first-order valence-electron chi connectivity index (χ1n) is 10.1. The van der Waals surface area contributed by atoms with E-state index in [1.807, 2.05) is 71.8 Å². The van der Waals surface area contributed by atoms with Crippen molar-refractivity contribution in [3.05, 3.63) is 60.4 Å². The van der Waals surface area contributed by atoms with E-state index in [2.05, 4.69) is 16.3 Å². The first kappa shape index (κ1) is 21.9. The second kappa shape index (κ2) is 10.3. The molecule has 0 radical (unpaired) electrons. The van der Waals surface area contributed by atoms with Gasteiger partial charge in [-0.25, -0.2) is 4.98 Å². The number of benzene rings is 2. The number of para-hydroxylation sites is 2. The monoisotopic (exact) mass is 469 g/mol. The summed E-state index contributed by atoms with van der Waals surface area (Å²) in [6.45, 7) is 5.42. The predicted molar refractivity (Wildman–Crippen MR) is 129 cm³/mol. The van der Waals surface area contributed by atoms with Gasteiger partial charge in [0.2, 0.25) is 5.91 Å². The Morgan fingerprint density at radius 3 is 2.48 bits per heavy atom. The molecule has 160 valence electrons. The number of thiazole rings is 1. The predicted octanol–water partition coefficient (Wildman–Crippen LogP) is 5.13. The number of aromatic nitrogens is 4. The Morgan fingerprint density at radius 2 is 1.74 bits per heavy atom. The number of carbonyl (C=O) groups excluding carboxylic acids is 1. The van der Waals surface area contributed by atoms with Crippen LogP contribution in [0.15, 0.2) is 64.1 Å². The topological polar surface area (TPSA) is 63.9 Å². The highest BCUT2D eigenvalue weighted by Gasteiger charge is 2.18. The molecule has 0 unspecified atom stereocenters. The molecule has 0 bridgehead atoms. The first-order chi connectivity index (χ1) is 15.2. The zero-order valence-corrected chi connectivity index (χ0v) is 19.8. The van der Waals surface area contributed by atoms with E-state index in [-0.39, 0.29) is 5.91 Å². The molecule has 4 aromatic rings. The van der Waals surface area contributed by atoms with Crippen molar-refractivity contribution in [2.75, 3.05) is 18.8 Å². The third kappa shape index (κ3) is 5.11. The minimum atomic E-state index is 0.114. The minimum absolute atomic E-state index is 0.114. The highest BCUT2D eigenvalue weighted by Crippen LogP contribution is 2.32. The van der Waals surface area contributed by atoms with Gasteiger partial charge in [0.1, 0.15) is 5.82 Å². The molecular formula is C22H23N5OS3. The summed E-state index contributed by atoms with van der Waals surface area (Å²) in [4.78, 5) is 19.0. The number of hydrogen-bond donors (Lipinski definition) is 0. The summed E-state index contributed by atoms with van der Waals surface area (Å²) in [5, 5.41) is 9.58. The van der Waals surface area contributed by atoms with Crippen molar-refractivity contribution in [1.29, 1.82) is 0 Å². The van der Waals surface area contributed by atoms with Crippen molar-refractivity contribution in [2.45, 2.75) is 29.1 Å². The summed E-state index contributed by atoms with van der Waals surface area (Å²) < 4.78 is 4.23. The van der Waals surface area contributed by atoms with Crippen molar-refractivity contribution in [2.24, 2.45) is 0 Å². The van der Waals surface area contributed by atoms with E-state index in [1.165, 1.54) is 16.5 Å². The lowest BCUT2D eigenvalue weighted by molar-refractivity contribution is -0.127. The van der Waals surface area contributed by atoms with Gasteiger partial charge in [-0.2, -0.15) is 0 Å². The lowest BCUT2D eigenvalue weighted by atomic mass is 10.3. The number of carbonyl (C=O) groups is 1. The van der Waals surface area contributed by atoms with Gasteiger partial charge in [-0.1, -0.05) is 53.9 Å². The van der Waals surface area contributed by atoms with Crippen LogP contribution in [0.2, 0.25) is 0 Å². The van der Waals surface area contributed by atoms with Crippen LogP contribution in [0.5, 0.6) is 0 Å². The van der Waals surface area contributed by atoms with Crippen molar-refractivity contribution >= 4 is 51.0 Å². The molecule has 0 saturated heterocycles. The fraction of sp³-hybridized carbons (Fsp3) is 0.273. The van der Waals surface area contributed by atoms with Crippen LogP contribution in [0.1, 0.15) is 19.7 Å². The first-order valence-corrected chi connectivity index (χ1v) is 12.9. The standard InChI is InChI=1S/C22H23N5OS3/c1-3-26(4-2)20(28)15-29-21-25-24-19(27(21)16-10-6-5-7-11-16)14-30-22-23-17-12-8-9-13-18(17)31-22/h5-13H,3-4,14-15H2,1-2H3. The van der Waals surface area contributed by atoms with E-state index in [0.717, 1.165) is 26.5 Å². The number of amides is 1. The van der Waals surface area contributed by atoms with Gasteiger partial charge in [0, 0.05) is 18.8 Å². The summed E-state index contributed by atoms with van der Waals surface area (Å²) in [6.07, 6.45) is 0. The molecule has 0 N–H and O–H groups in total. The number of nitrogens with zero attached hydrogens (tertiary/aromatic N) is 5. The maximum atomic E-state index is 12.5. The van der Waals surface area contributed by atoms with E-state index in [9.17, 15) is 4.79 Å². The molecule has 31 heavy (non-hydrogen) atoms. The van der Waals surface area contributed by atoms with Crippen molar-refractivity contribution in [3.63, 3.8) is 0 Å². The zero-order valence-electron chi connectivity index (χ0n) is 17.4. The summed E-state index contributed by atoms with van der Waals surface area (Å²) in [7, 11) is 0. The van der Waals surface area contributed by atoms with Crippen LogP contribution in [-0.2, 0) is 10.5 Å². The largest absolute Gasteiger partial charge is 0.343 e. The number of thioether (sulfide) groups is 2. The average Bonchev–Trinajstić information content (AvgIpc) is 3.41. The Morgan fingerprint density at radius 1 is 1.00 bits per heavy atom. The molecule has 2 aromatic heterocycles. The third-order valence-corrected chi connectivity index (χ3v) is 7.84. The second-order valence-electron chi connectivity index (χ2n) is 6.66. The van der Waals surface area contributed by atoms with Crippen molar-refractivity contribution in [1.82, 2.24) is 24.6 Å². The molecule has 9 heteroatoms. The molecule has 2 aromatic carbocycles. The molecule has 0 saturated carbocycles. The van der Waals surface area contributed by atoms with Gasteiger partial charge in [-0.3, -0.25) is 9.36 Å². The summed E-state index contributed by atoms with van der Waals surface area (Å²) in [6, 6.07) is 18.2. The van der Waals surface area contributed by atoms with Gasteiger partial charge < -0.3 is 4.90 Å². The lowest BCUT2D eigenvalue weighted by Crippen LogP contribution is -2.31. The van der Waals surface area contributed by atoms with Gasteiger partial charge in [0.05, 0.1) is 21.7 Å². The van der Waals surface area contributed by atoms with Crippen LogP contribution in [0, 0.1) is 0 Å². The Kier molecular flexibility index (Phi) is 7.26. The van der Waals surface area contributed by atoms with E-state index in [1.54, 1.807) is 23.1 Å². The van der Waals surface area contributed by atoms with Crippen molar-refractivity contribution < 1.29 is 4.79 Å². The fourth-order valence-electron chi connectivity index (χ4n) is 3.16. The molecular weight excluding hydrogens is 446 g/mol. The zero-order chi connectivity index (χ0) is 21.6. The van der Waals surface area contributed by atoms with Gasteiger partial charge >= 0.3 is 0 Å². The molecule has 4 rings (SSSR count). The van der Waals surface area contributed by atoms with Crippen LogP contribution in [0.25, 0.3) is 15.9 Å². The molecule has 0 aliphatic rings. The van der Waals surface area contributed by atoms with Crippen LogP contribution in [-0.4, -0.2) is 49.4 Å². The van der Waals surface area contributed by atoms with E-state index in [4.69, 9.17) is 4.98 Å². The van der Waals surface area contributed by atoms with E-state index < -0.39 is 0 Å². The van der Waals surface area contributed by atoms with E-state index in [0.29, 0.717) is 24.6 Å². The molecule has 0 aliphatic heterocycles. The maximum absolute atomic E-state index is 12.5. The summed E-state index contributed by atoms with van der Waals surface area (Å²) in [5.74, 6) is 1.94. The quantitative estimate of drug-likeness (QED) is 0.317. The molecule has 2 heterocycles. The Hall–Kier alpha value is -2.36. The van der Waals surface area contributed by atoms with Gasteiger partial charge in [0.15, 0.2) is 9.50 Å². The Labute approximate surface area is 194 Å². The minimum Gasteiger partial charge on any atom is -0.343 e. The van der Waals surface area contributed by atoms with Crippen molar-refractivity contribution in [3.8, 4) is 5.69 Å². The number of rotatable bonds is 9. The van der Waals surface area contributed by atoms with E-state index >= 15 is 0 Å². The molecule has 0 fully saturated rings. The fourth-order valence-corrected chi connectivity index (χ4v) is 6.01. The highest BCUT2D eigenvalue weighted by atomic mass is 32.2. The normalized spacial score (nSPS) is 11.2.